The van der Waals surface area contributed by atoms with Gasteiger partial charge in [-0.15, -0.1) is 0 Å². The molecule has 0 saturated heterocycles. The van der Waals surface area contributed by atoms with Crippen LogP contribution < -0.4 is 14.8 Å². The summed E-state index contributed by atoms with van der Waals surface area (Å²) in [4.78, 5) is 12.3. The fraction of sp³-hybridized carbons (Fsp3) is 0.278. The van der Waals surface area contributed by atoms with E-state index in [1.807, 2.05) is 24.3 Å². The van der Waals surface area contributed by atoms with Gasteiger partial charge in [-0.3, -0.25) is 4.79 Å². The highest BCUT2D eigenvalue weighted by Crippen LogP contribution is 2.33. The number of nitrogens with one attached hydrogen (secondary N) is 1. The number of hydrogen-bond acceptors (Lipinski definition) is 4. The minimum Gasteiger partial charge on any atom is -0.454 e. The number of carbonyl (C=O) groups is 1. The number of hydrogen-bond donors (Lipinski definition) is 2. The van der Waals surface area contributed by atoms with Gasteiger partial charge in [-0.2, -0.15) is 0 Å². The quantitative estimate of drug-likeness (QED) is 0.905. The van der Waals surface area contributed by atoms with E-state index in [4.69, 9.17) is 9.47 Å². The smallest absolute Gasteiger partial charge is 0.251 e. The van der Waals surface area contributed by atoms with Gasteiger partial charge in [0.1, 0.15) is 0 Å². The van der Waals surface area contributed by atoms with Gasteiger partial charge in [0.05, 0.1) is 5.60 Å². The first kappa shape index (κ1) is 14.1. The second kappa shape index (κ2) is 5.28. The lowest BCUT2D eigenvalue weighted by Gasteiger charge is -2.22. The van der Waals surface area contributed by atoms with Gasteiger partial charge in [-0.1, -0.05) is 24.3 Å². The Morgan fingerprint density at radius 3 is 2.52 bits per heavy atom. The first-order valence-corrected chi connectivity index (χ1v) is 7.60. The van der Waals surface area contributed by atoms with Gasteiger partial charge in [0.25, 0.3) is 5.91 Å². The number of rotatable bonds is 3. The molecule has 2 N–H and O–H groups in total. The van der Waals surface area contributed by atoms with Crippen LogP contribution in [0.3, 0.4) is 0 Å². The molecule has 0 saturated carbocycles. The zero-order valence-electron chi connectivity index (χ0n) is 12.5. The molecular formula is C18H17NO4. The van der Waals surface area contributed by atoms with Crippen LogP contribution in [0, 0.1) is 0 Å². The summed E-state index contributed by atoms with van der Waals surface area (Å²) in [6.07, 6.45) is 1.12. The number of ether oxygens (including phenoxy) is 2. The summed E-state index contributed by atoms with van der Waals surface area (Å²) in [7, 11) is 0. The molecule has 0 fully saturated rings. The van der Waals surface area contributed by atoms with Crippen molar-refractivity contribution >= 4 is 5.91 Å². The van der Waals surface area contributed by atoms with Crippen LogP contribution in [0.25, 0.3) is 0 Å². The largest absolute Gasteiger partial charge is 0.454 e. The Hall–Kier alpha value is -2.53. The third-order valence-electron chi connectivity index (χ3n) is 4.37. The molecule has 0 aromatic heterocycles. The summed E-state index contributed by atoms with van der Waals surface area (Å²) in [6.45, 7) is 0.396. The molecule has 5 heteroatoms. The zero-order chi connectivity index (χ0) is 15.9. The molecule has 2 aliphatic rings. The van der Waals surface area contributed by atoms with Gasteiger partial charge in [0, 0.05) is 24.9 Å². The van der Waals surface area contributed by atoms with Crippen molar-refractivity contribution in [3.05, 3.63) is 59.2 Å². The Morgan fingerprint density at radius 2 is 1.78 bits per heavy atom. The van der Waals surface area contributed by atoms with Crippen molar-refractivity contribution in [2.45, 2.75) is 18.4 Å². The molecule has 2 aromatic rings. The summed E-state index contributed by atoms with van der Waals surface area (Å²) in [5, 5.41) is 13.5. The van der Waals surface area contributed by atoms with Crippen molar-refractivity contribution in [1.82, 2.24) is 5.32 Å². The second-order valence-electron chi connectivity index (χ2n) is 6.10. The van der Waals surface area contributed by atoms with Crippen molar-refractivity contribution in [3.8, 4) is 11.5 Å². The van der Waals surface area contributed by atoms with Crippen LogP contribution in [0.2, 0.25) is 0 Å². The van der Waals surface area contributed by atoms with Crippen LogP contribution in [-0.4, -0.2) is 30.0 Å². The first-order valence-electron chi connectivity index (χ1n) is 7.60. The van der Waals surface area contributed by atoms with Crippen molar-refractivity contribution in [1.29, 1.82) is 0 Å². The van der Waals surface area contributed by atoms with E-state index in [0.29, 0.717) is 29.9 Å². The summed E-state index contributed by atoms with van der Waals surface area (Å²) in [5.74, 6) is 0.990. The van der Waals surface area contributed by atoms with E-state index >= 15 is 0 Å². The Kier molecular flexibility index (Phi) is 3.23. The minimum absolute atomic E-state index is 0.179. The Labute approximate surface area is 133 Å². The predicted molar refractivity (Wildman–Crippen MR) is 83.7 cm³/mol. The lowest BCUT2D eigenvalue weighted by molar-refractivity contribution is 0.0480. The van der Waals surface area contributed by atoms with Gasteiger partial charge in [-0.25, -0.2) is 0 Å². The molecule has 0 bridgehead atoms. The molecule has 5 nitrogen and oxygen atoms in total. The minimum atomic E-state index is -0.921. The monoisotopic (exact) mass is 311 g/mol. The maximum atomic E-state index is 12.3. The van der Waals surface area contributed by atoms with Gasteiger partial charge in [0.15, 0.2) is 11.5 Å². The van der Waals surface area contributed by atoms with Gasteiger partial charge >= 0.3 is 0 Å². The molecule has 0 unspecified atom stereocenters. The average molecular weight is 311 g/mol. The van der Waals surface area contributed by atoms with E-state index in [-0.39, 0.29) is 19.2 Å². The predicted octanol–water partition coefficient (Wildman–Crippen LogP) is 1.67. The maximum Gasteiger partial charge on any atom is 0.251 e. The summed E-state index contributed by atoms with van der Waals surface area (Å²) in [5.41, 5.74) is 1.86. The van der Waals surface area contributed by atoms with Crippen LogP contribution in [0.5, 0.6) is 11.5 Å². The molecule has 2 aromatic carbocycles. The van der Waals surface area contributed by atoms with E-state index in [9.17, 15) is 9.90 Å². The molecule has 4 rings (SSSR count). The van der Waals surface area contributed by atoms with E-state index < -0.39 is 5.60 Å². The summed E-state index contributed by atoms with van der Waals surface area (Å²) >= 11 is 0. The molecule has 1 aliphatic heterocycles. The van der Waals surface area contributed by atoms with Crippen LogP contribution >= 0.6 is 0 Å². The van der Waals surface area contributed by atoms with Crippen LogP contribution in [0.15, 0.2) is 42.5 Å². The third kappa shape index (κ3) is 2.64. The van der Waals surface area contributed by atoms with Crippen molar-refractivity contribution in [2.24, 2.45) is 0 Å². The van der Waals surface area contributed by atoms with Crippen molar-refractivity contribution < 1.29 is 19.4 Å². The number of amides is 1. The second-order valence-corrected chi connectivity index (χ2v) is 6.10. The number of fused-ring (bicyclic) bond motifs is 2. The zero-order valence-corrected chi connectivity index (χ0v) is 12.5. The van der Waals surface area contributed by atoms with E-state index in [1.165, 1.54) is 0 Å². The summed E-state index contributed by atoms with van der Waals surface area (Å²) in [6, 6.07) is 13.0. The van der Waals surface area contributed by atoms with Crippen molar-refractivity contribution in [2.75, 3.05) is 13.3 Å². The molecule has 1 amide bonds. The maximum absolute atomic E-state index is 12.3. The Morgan fingerprint density at radius 1 is 1.09 bits per heavy atom. The molecular weight excluding hydrogens is 294 g/mol. The van der Waals surface area contributed by atoms with Crippen molar-refractivity contribution in [3.63, 3.8) is 0 Å². The first-order chi connectivity index (χ1) is 11.1. The number of carbonyl (C=O) groups excluding carboxylic acids is 1. The highest BCUT2D eigenvalue weighted by molar-refractivity contribution is 5.95. The fourth-order valence-electron chi connectivity index (χ4n) is 3.18. The Balaban J connectivity index is 1.42. The molecule has 0 radical (unpaired) electrons. The molecule has 118 valence electrons. The normalized spacial score (nSPS) is 16.9. The van der Waals surface area contributed by atoms with Crippen LogP contribution in [0.1, 0.15) is 21.5 Å². The van der Waals surface area contributed by atoms with E-state index in [1.54, 1.807) is 18.2 Å². The summed E-state index contributed by atoms with van der Waals surface area (Å²) < 4.78 is 10.5. The van der Waals surface area contributed by atoms with Gasteiger partial charge in [-0.05, 0) is 29.3 Å². The standard InChI is InChI=1S/C18H17NO4/c20-17(12-5-6-15-16(7-12)23-11-22-15)19-10-18(21)8-13-3-1-2-4-14(13)9-18/h1-7,21H,8-11H2,(H,19,20). The fourth-order valence-corrected chi connectivity index (χ4v) is 3.18. The van der Waals surface area contributed by atoms with Crippen LogP contribution in [-0.2, 0) is 12.8 Å². The lowest BCUT2D eigenvalue weighted by atomic mass is 10.0. The van der Waals surface area contributed by atoms with E-state index in [0.717, 1.165) is 11.1 Å². The topological polar surface area (TPSA) is 67.8 Å². The molecule has 23 heavy (non-hydrogen) atoms. The lowest BCUT2D eigenvalue weighted by Crippen LogP contribution is -2.43. The Bertz CT molecular complexity index is 746. The van der Waals surface area contributed by atoms with Gasteiger partial charge in [0.2, 0.25) is 6.79 Å². The van der Waals surface area contributed by atoms with Gasteiger partial charge < -0.3 is 19.9 Å². The average Bonchev–Trinajstić information content (AvgIpc) is 3.15. The molecule has 1 heterocycles. The van der Waals surface area contributed by atoms with Crippen LogP contribution in [0.4, 0.5) is 0 Å². The van der Waals surface area contributed by atoms with E-state index in [2.05, 4.69) is 5.32 Å². The molecule has 0 atom stereocenters. The molecule has 0 spiro atoms. The number of benzene rings is 2. The third-order valence-corrected chi connectivity index (χ3v) is 4.37. The highest BCUT2D eigenvalue weighted by atomic mass is 16.7. The SMILES string of the molecule is O=C(NCC1(O)Cc2ccccc2C1)c1ccc2c(c1)OCO2. The number of aliphatic hydroxyl groups is 1. The molecule has 1 aliphatic carbocycles. The highest BCUT2D eigenvalue weighted by Gasteiger charge is 2.35.